The molecule has 0 aromatic rings. The van der Waals surface area contributed by atoms with Crippen molar-refractivity contribution in [3.05, 3.63) is 12.7 Å². The number of hydrogen-bond acceptors (Lipinski definition) is 2. The summed E-state index contributed by atoms with van der Waals surface area (Å²) < 4.78 is 12.3. The average Bonchev–Trinajstić information content (AvgIpc) is 2.30. The van der Waals surface area contributed by atoms with Crippen LogP contribution in [0.2, 0.25) is 0 Å². The van der Waals surface area contributed by atoms with Crippen LogP contribution in [-0.2, 0) is 9.47 Å². The van der Waals surface area contributed by atoms with Crippen LogP contribution in [0.3, 0.4) is 0 Å². The standard InChI is InChI=1S/C21H42O2/c1-12-13-17(18(2,3)4)16-23-21(10,11)20(8,9)14-15-22-19(5,6)7/h12,17H,1,13-16H2,2-11H3. The maximum atomic E-state index is 6.41. The quantitative estimate of drug-likeness (QED) is 0.466. The molecular weight excluding hydrogens is 284 g/mol. The van der Waals surface area contributed by atoms with E-state index in [1.165, 1.54) is 0 Å². The Hall–Kier alpha value is -0.340. The van der Waals surface area contributed by atoms with Crippen molar-refractivity contribution in [2.24, 2.45) is 16.7 Å². The van der Waals surface area contributed by atoms with Gasteiger partial charge in [0.25, 0.3) is 0 Å². The lowest BCUT2D eigenvalue weighted by Crippen LogP contribution is -2.44. The van der Waals surface area contributed by atoms with E-state index in [1.54, 1.807) is 0 Å². The monoisotopic (exact) mass is 326 g/mol. The Bertz CT molecular complexity index is 353. The summed E-state index contributed by atoms with van der Waals surface area (Å²) in [7, 11) is 0. The summed E-state index contributed by atoms with van der Waals surface area (Å²) in [6.45, 7) is 27.5. The van der Waals surface area contributed by atoms with Gasteiger partial charge in [0, 0.05) is 6.61 Å². The summed E-state index contributed by atoms with van der Waals surface area (Å²) >= 11 is 0. The van der Waals surface area contributed by atoms with Gasteiger partial charge in [0.15, 0.2) is 0 Å². The summed E-state index contributed by atoms with van der Waals surface area (Å²) in [6, 6.07) is 0. The van der Waals surface area contributed by atoms with Crippen LogP contribution >= 0.6 is 0 Å². The molecule has 0 saturated heterocycles. The predicted octanol–water partition coefficient (Wildman–Crippen LogP) is 6.25. The third-order valence-corrected chi connectivity index (χ3v) is 5.21. The van der Waals surface area contributed by atoms with Crippen LogP contribution < -0.4 is 0 Å². The summed E-state index contributed by atoms with van der Waals surface area (Å²) in [5, 5.41) is 0. The van der Waals surface area contributed by atoms with Gasteiger partial charge in [-0.1, -0.05) is 40.7 Å². The van der Waals surface area contributed by atoms with Crippen LogP contribution in [0.15, 0.2) is 12.7 Å². The molecule has 0 aromatic carbocycles. The zero-order valence-corrected chi connectivity index (χ0v) is 17.5. The summed E-state index contributed by atoms with van der Waals surface area (Å²) in [6.07, 6.45) is 3.99. The highest BCUT2D eigenvalue weighted by Crippen LogP contribution is 2.39. The van der Waals surface area contributed by atoms with E-state index < -0.39 is 0 Å². The van der Waals surface area contributed by atoms with Crippen molar-refractivity contribution in [2.45, 2.75) is 93.3 Å². The number of ether oxygens (including phenoxy) is 2. The van der Waals surface area contributed by atoms with Crippen LogP contribution in [-0.4, -0.2) is 24.4 Å². The Labute approximate surface area is 146 Å². The fourth-order valence-electron chi connectivity index (χ4n) is 2.29. The molecule has 0 rings (SSSR count). The number of allylic oxidation sites excluding steroid dienone is 1. The molecule has 0 heterocycles. The van der Waals surface area contributed by atoms with E-state index in [-0.39, 0.29) is 22.0 Å². The molecule has 1 unspecified atom stereocenters. The minimum Gasteiger partial charge on any atom is -0.376 e. The van der Waals surface area contributed by atoms with Gasteiger partial charge in [0.1, 0.15) is 0 Å². The first-order valence-corrected chi connectivity index (χ1v) is 9.01. The lowest BCUT2D eigenvalue weighted by molar-refractivity contribution is -0.130. The largest absolute Gasteiger partial charge is 0.376 e. The molecule has 0 aromatic heterocycles. The minimum atomic E-state index is -0.196. The predicted molar refractivity (Wildman–Crippen MR) is 102 cm³/mol. The molecule has 0 amide bonds. The van der Waals surface area contributed by atoms with E-state index in [0.29, 0.717) is 5.92 Å². The van der Waals surface area contributed by atoms with E-state index >= 15 is 0 Å². The second kappa shape index (κ2) is 8.16. The number of hydrogen-bond donors (Lipinski definition) is 0. The normalized spacial score (nSPS) is 15.6. The zero-order chi connectivity index (χ0) is 18.5. The Morgan fingerprint density at radius 3 is 1.78 bits per heavy atom. The Balaban J connectivity index is 4.72. The molecule has 2 nitrogen and oxygen atoms in total. The molecule has 0 bridgehead atoms. The van der Waals surface area contributed by atoms with E-state index in [4.69, 9.17) is 9.47 Å². The summed E-state index contributed by atoms with van der Waals surface area (Å²) in [5.41, 5.74) is -0.0000922. The minimum absolute atomic E-state index is 0.0505. The van der Waals surface area contributed by atoms with E-state index in [0.717, 1.165) is 26.1 Å². The molecule has 0 aliphatic carbocycles. The molecule has 0 saturated carbocycles. The third-order valence-electron chi connectivity index (χ3n) is 5.21. The van der Waals surface area contributed by atoms with Crippen molar-refractivity contribution in [2.75, 3.05) is 13.2 Å². The SMILES string of the molecule is C=CCC(COC(C)(C)C(C)(C)CCOC(C)(C)C)C(C)(C)C. The topological polar surface area (TPSA) is 18.5 Å². The van der Waals surface area contributed by atoms with Gasteiger partial charge in [-0.3, -0.25) is 0 Å². The molecule has 2 heteroatoms. The van der Waals surface area contributed by atoms with Crippen molar-refractivity contribution in [1.82, 2.24) is 0 Å². The van der Waals surface area contributed by atoms with Crippen LogP contribution in [0.1, 0.15) is 82.1 Å². The second-order valence-electron chi connectivity index (χ2n) is 10.0. The fraction of sp³-hybridized carbons (Fsp3) is 0.905. The first-order chi connectivity index (χ1) is 10.1. The lowest BCUT2D eigenvalue weighted by atomic mass is 9.74. The Morgan fingerprint density at radius 2 is 1.39 bits per heavy atom. The van der Waals surface area contributed by atoms with Crippen LogP contribution in [0, 0.1) is 16.7 Å². The molecular formula is C21H42O2. The maximum absolute atomic E-state index is 6.41. The van der Waals surface area contributed by atoms with Gasteiger partial charge < -0.3 is 9.47 Å². The highest BCUT2D eigenvalue weighted by atomic mass is 16.5. The van der Waals surface area contributed by atoms with Gasteiger partial charge in [0.2, 0.25) is 0 Å². The lowest BCUT2D eigenvalue weighted by Gasteiger charge is -2.44. The number of rotatable bonds is 9. The highest BCUT2D eigenvalue weighted by Gasteiger charge is 2.39. The van der Waals surface area contributed by atoms with Crippen molar-refractivity contribution in [1.29, 1.82) is 0 Å². The zero-order valence-electron chi connectivity index (χ0n) is 17.5. The van der Waals surface area contributed by atoms with Crippen molar-refractivity contribution in [3.63, 3.8) is 0 Å². The van der Waals surface area contributed by atoms with E-state index in [1.807, 2.05) is 6.08 Å². The molecule has 0 spiro atoms. The first kappa shape index (κ1) is 22.7. The van der Waals surface area contributed by atoms with Gasteiger partial charge in [-0.15, -0.1) is 6.58 Å². The molecule has 0 aliphatic rings. The highest BCUT2D eigenvalue weighted by molar-refractivity contribution is 4.89. The van der Waals surface area contributed by atoms with Crippen molar-refractivity contribution in [3.8, 4) is 0 Å². The maximum Gasteiger partial charge on any atom is 0.0678 e. The van der Waals surface area contributed by atoms with Crippen LogP contribution in [0.4, 0.5) is 0 Å². The molecule has 0 N–H and O–H groups in total. The molecule has 0 fully saturated rings. The molecule has 1 atom stereocenters. The smallest absolute Gasteiger partial charge is 0.0678 e. The molecule has 23 heavy (non-hydrogen) atoms. The van der Waals surface area contributed by atoms with Crippen LogP contribution in [0.25, 0.3) is 0 Å². The van der Waals surface area contributed by atoms with Gasteiger partial charge in [-0.25, -0.2) is 0 Å². The van der Waals surface area contributed by atoms with Gasteiger partial charge in [-0.05, 0) is 64.2 Å². The van der Waals surface area contributed by atoms with Crippen molar-refractivity contribution >= 4 is 0 Å². The van der Waals surface area contributed by atoms with Gasteiger partial charge in [-0.2, -0.15) is 0 Å². The first-order valence-electron chi connectivity index (χ1n) is 9.01. The van der Waals surface area contributed by atoms with E-state index in [2.05, 4.69) is 75.8 Å². The average molecular weight is 327 g/mol. The molecule has 0 radical (unpaired) electrons. The van der Waals surface area contributed by atoms with Crippen molar-refractivity contribution < 1.29 is 9.47 Å². The van der Waals surface area contributed by atoms with Gasteiger partial charge in [0.05, 0.1) is 17.8 Å². The third kappa shape index (κ3) is 8.35. The van der Waals surface area contributed by atoms with Crippen LogP contribution in [0.5, 0.6) is 0 Å². The Morgan fingerprint density at radius 1 is 0.870 bits per heavy atom. The molecule has 138 valence electrons. The second-order valence-corrected chi connectivity index (χ2v) is 10.0. The Kier molecular flexibility index (Phi) is 8.04. The molecule has 0 aliphatic heterocycles. The summed E-state index contributed by atoms with van der Waals surface area (Å²) in [5.74, 6) is 0.487. The fourth-order valence-corrected chi connectivity index (χ4v) is 2.29. The summed E-state index contributed by atoms with van der Waals surface area (Å²) in [4.78, 5) is 0. The van der Waals surface area contributed by atoms with Gasteiger partial charge >= 0.3 is 0 Å². The van der Waals surface area contributed by atoms with E-state index in [9.17, 15) is 0 Å².